The van der Waals surface area contributed by atoms with E-state index in [4.69, 9.17) is 4.74 Å². The number of fused-ring (bicyclic) bond motifs is 1. The lowest BCUT2D eigenvalue weighted by Crippen LogP contribution is -2.34. The van der Waals surface area contributed by atoms with Gasteiger partial charge in [-0.2, -0.15) is 0 Å². The second-order valence-electron chi connectivity index (χ2n) is 6.19. The zero-order valence-electron chi connectivity index (χ0n) is 12.2. The molecule has 1 heterocycles. The van der Waals surface area contributed by atoms with Crippen molar-refractivity contribution in [3.63, 3.8) is 0 Å². The summed E-state index contributed by atoms with van der Waals surface area (Å²) >= 11 is 0. The van der Waals surface area contributed by atoms with E-state index < -0.39 is 5.60 Å². The maximum absolute atomic E-state index is 12.0. The molecule has 1 aliphatic heterocycles. The summed E-state index contributed by atoms with van der Waals surface area (Å²) in [4.78, 5) is 12.0. The van der Waals surface area contributed by atoms with Gasteiger partial charge in [0.25, 0.3) is 0 Å². The van der Waals surface area contributed by atoms with E-state index in [1.807, 2.05) is 20.8 Å². The highest BCUT2D eigenvalue weighted by Gasteiger charge is 2.26. The van der Waals surface area contributed by atoms with Gasteiger partial charge in [-0.3, -0.25) is 4.79 Å². The third-order valence-electron chi connectivity index (χ3n) is 3.34. The smallest absolute Gasteiger partial charge is 0.308 e. The summed E-state index contributed by atoms with van der Waals surface area (Å²) in [5.74, 6) is -0.138. The molecule has 19 heavy (non-hydrogen) atoms. The number of rotatable bonds is 2. The normalized spacial score (nSPS) is 18.8. The van der Waals surface area contributed by atoms with Crippen LogP contribution in [0.1, 0.15) is 49.9 Å². The van der Waals surface area contributed by atoms with Crippen LogP contribution in [0.2, 0.25) is 0 Å². The zero-order chi connectivity index (χ0) is 14.0. The molecule has 1 atom stereocenters. The number of benzene rings is 1. The summed E-state index contributed by atoms with van der Waals surface area (Å²) in [7, 11) is 0. The molecule has 1 aromatic carbocycles. The third kappa shape index (κ3) is 3.57. The number of carbonyl (C=O) groups is 1. The van der Waals surface area contributed by atoms with Crippen molar-refractivity contribution in [1.29, 1.82) is 0 Å². The Morgan fingerprint density at radius 3 is 2.84 bits per heavy atom. The number of nitrogens with one attached hydrogen (secondary N) is 1. The van der Waals surface area contributed by atoms with E-state index in [0.717, 1.165) is 13.0 Å². The standard InChI is InChI=1S/C16H23NO2/c1-11-6-5-7-12-8-9-17-13(15(11)12)10-14(18)19-16(2,3)4/h5-7,13,17H,8-10H2,1-4H3. The van der Waals surface area contributed by atoms with Crippen molar-refractivity contribution < 1.29 is 9.53 Å². The van der Waals surface area contributed by atoms with E-state index in [1.54, 1.807) is 0 Å². The predicted molar refractivity (Wildman–Crippen MR) is 76.1 cm³/mol. The lowest BCUT2D eigenvalue weighted by atomic mass is 9.89. The summed E-state index contributed by atoms with van der Waals surface area (Å²) in [5.41, 5.74) is 3.46. The molecule has 104 valence electrons. The van der Waals surface area contributed by atoms with Crippen molar-refractivity contribution in [2.24, 2.45) is 0 Å². The molecule has 3 heteroatoms. The Kier molecular flexibility index (Phi) is 3.95. The zero-order valence-corrected chi connectivity index (χ0v) is 12.2. The minimum atomic E-state index is -0.416. The molecule has 0 bridgehead atoms. The van der Waals surface area contributed by atoms with Crippen molar-refractivity contribution >= 4 is 5.97 Å². The Balaban J connectivity index is 2.14. The second kappa shape index (κ2) is 5.33. The molecule has 0 amide bonds. The summed E-state index contributed by atoms with van der Waals surface area (Å²) < 4.78 is 5.42. The first-order chi connectivity index (χ1) is 8.87. The fourth-order valence-electron chi connectivity index (χ4n) is 2.67. The van der Waals surface area contributed by atoms with Crippen LogP contribution >= 0.6 is 0 Å². The number of carbonyl (C=O) groups excluding carboxylic acids is 1. The van der Waals surface area contributed by atoms with Crippen LogP contribution in [-0.4, -0.2) is 18.1 Å². The molecule has 1 aromatic rings. The lowest BCUT2D eigenvalue weighted by molar-refractivity contribution is -0.155. The summed E-state index contributed by atoms with van der Waals surface area (Å²) in [5, 5.41) is 3.43. The van der Waals surface area contributed by atoms with Gasteiger partial charge in [-0.25, -0.2) is 0 Å². The van der Waals surface area contributed by atoms with E-state index >= 15 is 0 Å². The minimum absolute atomic E-state index is 0.0831. The highest BCUT2D eigenvalue weighted by molar-refractivity contribution is 5.71. The van der Waals surface area contributed by atoms with E-state index in [9.17, 15) is 4.79 Å². The van der Waals surface area contributed by atoms with Crippen LogP contribution in [0.4, 0.5) is 0 Å². The average molecular weight is 261 g/mol. The number of hydrogen-bond acceptors (Lipinski definition) is 3. The Morgan fingerprint density at radius 1 is 1.42 bits per heavy atom. The van der Waals surface area contributed by atoms with Gasteiger partial charge in [0.1, 0.15) is 5.60 Å². The fourth-order valence-corrected chi connectivity index (χ4v) is 2.67. The molecular weight excluding hydrogens is 238 g/mol. The van der Waals surface area contributed by atoms with Crippen molar-refractivity contribution in [3.8, 4) is 0 Å². The van der Waals surface area contributed by atoms with Gasteiger partial charge in [0.15, 0.2) is 0 Å². The highest BCUT2D eigenvalue weighted by Crippen LogP contribution is 2.29. The first kappa shape index (κ1) is 14.1. The summed E-state index contributed by atoms with van der Waals surface area (Å²) in [6, 6.07) is 6.43. The van der Waals surface area contributed by atoms with E-state index in [-0.39, 0.29) is 12.0 Å². The Hall–Kier alpha value is -1.35. The fraction of sp³-hybridized carbons (Fsp3) is 0.562. The molecule has 1 N–H and O–H groups in total. The van der Waals surface area contributed by atoms with Gasteiger partial charge in [0, 0.05) is 6.04 Å². The largest absolute Gasteiger partial charge is 0.460 e. The molecule has 3 nitrogen and oxygen atoms in total. The Labute approximate surface area is 115 Å². The van der Waals surface area contributed by atoms with Gasteiger partial charge < -0.3 is 10.1 Å². The molecule has 2 rings (SSSR count). The molecular formula is C16H23NO2. The van der Waals surface area contributed by atoms with Crippen LogP contribution in [0.25, 0.3) is 0 Å². The molecule has 0 aromatic heterocycles. The maximum atomic E-state index is 12.0. The molecule has 0 aliphatic carbocycles. The van der Waals surface area contributed by atoms with Crippen LogP contribution in [0.5, 0.6) is 0 Å². The van der Waals surface area contributed by atoms with Gasteiger partial charge in [0.05, 0.1) is 6.42 Å². The van der Waals surface area contributed by atoms with Crippen LogP contribution in [0.3, 0.4) is 0 Å². The minimum Gasteiger partial charge on any atom is -0.460 e. The predicted octanol–water partition coefficient (Wildman–Crippen LogP) is 2.91. The van der Waals surface area contributed by atoms with E-state index in [0.29, 0.717) is 6.42 Å². The maximum Gasteiger partial charge on any atom is 0.308 e. The molecule has 0 radical (unpaired) electrons. The van der Waals surface area contributed by atoms with E-state index in [1.165, 1.54) is 16.7 Å². The third-order valence-corrected chi connectivity index (χ3v) is 3.34. The van der Waals surface area contributed by atoms with Crippen LogP contribution < -0.4 is 5.32 Å². The first-order valence-corrected chi connectivity index (χ1v) is 6.90. The van der Waals surface area contributed by atoms with Crippen molar-refractivity contribution in [3.05, 3.63) is 34.9 Å². The molecule has 1 aliphatic rings. The van der Waals surface area contributed by atoms with Crippen molar-refractivity contribution in [1.82, 2.24) is 5.32 Å². The highest BCUT2D eigenvalue weighted by atomic mass is 16.6. The van der Waals surface area contributed by atoms with Gasteiger partial charge >= 0.3 is 5.97 Å². The topological polar surface area (TPSA) is 38.3 Å². The van der Waals surface area contributed by atoms with Crippen LogP contribution in [0.15, 0.2) is 18.2 Å². The lowest BCUT2D eigenvalue weighted by Gasteiger charge is -2.29. The number of esters is 1. The first-order valence-electron chi connectivity index (χ1n) is 6.90. The quantitative estimate of drug-likeness (QED) is 0.832. The van der Waals surface area contributed by atoms with Crippen LogP contribution in [0, 0.1) is 6.92 Å². The number of ether oxygens (including phenoxy) is 1. The van der Waals surface area contributed by atoms with Gasteiger partial charge in [-0.1, -0.05) is 18.2 Å². The number of hydrogen-bond donors (Lipinski definition) is 1. The Bertz CT molecular complexity index is 474. The monoisotopic (exact) mass is 261 g/mol. The Morgan fingerprint density at radius 2 is 2.16 bits per heavy atom. The molecule has 0 saturated carbocycles. The van der Waals surface area contributed by atoms with Gasteiger partial charge in [0.2, 0.25) is 0 Å². The summed E-state index contributed by atoms with van der Waals surface area (Å²) in [6.07, 6.45) is 1.43. The molecule has 1 unspecified atom stereocenters. The molecule has 0 saturated heterocycles. The van der Waals surface area contributed by atoms with Gasteiger partial charge in [-0.15, -0.1) is 0 Å². The average Bonchev–Trinajstić information content (AvgIpc) is 2.26. The van der Waals surface area contributed by atoms with Crippen LogP contribution in [-0.2, 0) is 16.0 Å². The summed E-state index contributed by atoms with van der Waals surface area (Å²) in [6.45, 7) is 8.73. The molecule has 0 fully saturated rings. The number of aryl methyl sites for hydroxylation is 1. The van der Waals surface area contributed by atoms with Crippen molar-refractivity contribution in [2.75, 3.05) is 6.54 Å². The SMILES string of the molecule is Cc1cccc2c1C(CC(=O)OC(C)(C)C)NCC2. The second-order valence-corrected chi connectivity index (χ2v) is 6.19. The van der Waals surface area contributed by atoms with Gasteiger partial charge in [-0.05, 0) is 57.4 Å². The van der Waals surface area contributed by atoms with E-state index in [2.05, 4.69) is 30.4 Å². The molecule has 0 spiro atoms. The van der Waals surface area contributed by atoms with Crippen molar-refractivity contribution in [2.45, 2.75) is 52.2 Å².